The van der Waals surface area contributed by atoms with Crippen LogP contribution in [0, 0.1) is 0 Å². The maximum Gasteiger partial charge on any atom is 0.191 e. The molecule has 142 valence electrons. The summed E-state index contributed by atoms with van der Waals surface area (Å²) in [5, 5.41) is 18.9. The van der Waals surface area contributed by atoms with Gasteiger partial charge < -0.3 is 15.2 Å². The maximum atomic E-state index is 4.66. The Morgan fingerprint density at radius 1 is 1.22 bits per heavy atom. The van der Waals surface area contributed by atoms with E-state index in [1.165, 1.54) is 0 Å². The highest BCUT2D eigenvalue weighted by Gasteiger charge is 2.03. The van der Waals surface area contributed by atoms with Gasteiger partial charge in [0, 0.05) is 44.6 Å². The molecule has 0 unspecified atom stereocenters. The molecule has 27 heavy (non-hydrogen) atoms. The third kappa shape index (κ3) is 5.13. The zero-order valence-corrected chi connectivity index (χ0v) is 15.7. The van der Waals surface area contributed by atoms with Crippen molar-refractivity contribution in [2.75, 3.05) is 13.1 Å². The first-order chi connectivity index (χ1) is 13.3. The monoisotopic (exact) mass is 367 g/mol. The van der Waals surface area contributed by atoms with Crippen LogP contribution in [0.1, 0.15) is 25.2 Å². The molecular formula is C18H25N9. The van der Waals surface area contributed by atoms with E-state index in [2.05, 4.69) is 54.3 Å². The number of nitrogens with zero attached hydrogens (tertiary/aromatic N) is 7. The lowest BCUT2D eigenvalue weighted by Gasteiger charge is -2.12. The Morgan fingerprint density at radius 2 is 2.15 bits per heavy atom. The molecule has 0 fully saturated rings. The van der Waals surface area contributed by atoms with Gasteiger partial charge in [0.15, 0.2) is 11.8 Å². The molecule has 0 aliphatic rings. The lowest BCUT2D eigenvalue weighted by molar-refractivity contribution is 0.632. The Labute approximate surface area is 158 Å². The van der Waals surface area contributed by atoms with E-state index < -0.39 is 0 Å². The Hall–Kier alpha value is -3.23. The predicted octanol–water partition coefficient (Wildman–Crippen LogP) is 1.18. The summed E-state index contributed by atoms with van der Waals surface area (Å²) in [7, 11) is 0. The third-order valence-electron chi connectivity index (χ3n) is 3.97. The minimum Gasteiger partial charge on any atom is -0.357 e. The summed E-state index contributed by atoms with van der Waals surface area (Å²) in [6.07, 6.45) is 8.02. The summed E-state index contributed by atoms with van der Waals surface area (Å²) >= 11 is 0. The van der Waals surface area contributed by atoms with Gasteiger partial charge in [-0.3, -0.25) is 0 Å². The van der Waals surface area contributed by atoms with Crippen LogP contribution in [0.3, 0.4) is 0 Å². The number of rotatable bonds is 8. The van der Waals surface area contributed by atoms with Crippen molar-refractivity contribution in [2.45, 2.75) is 33.4 Å². The average molecular weight is 367 g/mol. The summed E-state index contributed by atoms with van der Waals surface area (Å²) in [4.78, 5) is 9.01. The summed E-state index contributed by atoms with van der Waals surface area (Å²) < 4.78 is 3.79. The smallest absolute Gasteiger partial charge is 0.191 e. The van der Waals surface area contributed by atoms with Gasteiger partial charge in [-0.05, 0) is 30.7 Å². The van der Waals surface area contributed by atoms with Crippen LogP contribution in [0.2, 0.25) is 0 Å². The zero-order valence-electron chi connectivity index (χ0n) is 15.7. The molecule has 0 aromatic carbocycles. The molecule has 3 rings (SSSR count). The van der Waals surface area contributed by atoms with Crippen molar-refractivity contribution in [2.24, 2.45) is 4.99 Å². The minimum absolute atomic E-state index is 0.555. The molecule has 0 amide bonds. The second-order valence-electron chi connectivity index (χ2n) is 5.89. The van der Waals surface area contributed by atoms with Crippen LogP contribution < -0.4 is 10.6 Å². The van der Waals surface area contributed by atoms with Gasteiger partial charge in [-0.15, -0.1) is 10.2 Å². The van der Waals surface area contributed by atoms with E-state index in [1.54, 1.807) is 23.4 Å². The molecule has 0 bridgehead atoms. The summed E-state index contributed by atoms with van der Waals surface area (Å²) in [6.45, 7) is 7.01. The van der Waals surface area contributed by atoms with Crippen molar-refractivity contribution >= 4 is 5.96 Å². The standard InChI is InChI=1S/C18H25N9/c1-3-16-25-23-14-26(16)11-9-21-18(19-4-2)22-13-15-6-8-20-17(12-15)27-10-5-7-24-27/h5-8,10,12,14H,3-4,9,11,13H2,1-2H3,(H2,19,21,22). The first kappa shape index (κ1) is 18.6. The molecule has 2 N–H and O–H groups in total. The Balaban J connectivity index is 1.59. The topological polar surface area (TPSA) is 97.8 Å². The van der Waals surface area contributed by atoms with Crippen molar-refractivity contribution in [1.29, 1.82) is 0 Å². The van der Waals surface area contributed by atoms with Gasteiger partial charge in [0.05, 0.1) is 6.54 Å². The van der Waals surface area contributed by atoms with Crippen LogP contribution in [0.5, 0.6) is 0 Å². The first-order valence-electron chi connectivity index (χ1n) is 9.14. The number of guanidine groups is 1. The van der Waals surface area contributed by atoms with E-state index in [4.69, 9.17) is 0 Å². The van der Waals surface area contributed by atoms with Gasteiger partial charge in [-0.25, -0.2) is 14.7 Å². The molecule has 0 radical (unpaired) electrons. The lowest BCUT2D eigenvalue weighted by Crippen LogP contribution is -2.38. The number of hydrogen-bond donors (Lipinski definition) is 2. The van der Waals surface area contributed by atoms with Crippen LogP contribution in [0.4, 0.5) is 0 Å². The van der Waals surface area contributed by atoms with E-state index in [9.17, 15) is 0 Å². The van der Waals surface area contributed by atoms with E-state index in [1.807, 2.05) is 24.4 Å². The van der Waals surface area contributed by atoms with Gasteiger partial charge in [-0.2, -0.15) is 5.10 Å². The van der Waals surface area contributed by atoms with Crippen LogP contribution in [0.25, 0.3) is 5.82 Å². The fourth-order valence-corrected chi connectivity index (χ4v) is 2.63. The molecule has 3 aromatic rings. The van der Waals surface area contributed by atoms with Crippen LogP contribution in [-0.2, 0) is 19.5 Å². The molecular weight excluding hydrogens is 342 g/mol. The third-order valence-corrected chi connectivity index (χ3v) is 3.97. The fourth-order valence-electron chi connectivity index (χ4n) is 2.63. The highest BCUT2D eigenvalue weighted by molar-refractivity contribution is 5.79. The molecule has 0 atom stereocenters. The Bertz CT molecular complexity index is 851. The van der Waals surface area contributed by atoms with Crippen molar-refractivity contribution in [3.63, 3.8) is 0 Å². The Morgan fingerprint density at radius 3 is 2.93 bits per heavy atom. The lowest BCUT2D eigenvalue weighted by atomic mass is 10.2. The quantitative estimate of drug-likeness (QED) is 0.458. The van der Waals surface area contributed by atoms with E-state index >= 15 is 0 Å². The van der Waals surface area contributed by atoms with Gasteiger partial charge in [0.25, 0.3) is 0 Å². The van der Waals surface area contributed by atoms with Crippen molar-refractivity contribution in [3.8, 4) is 5.82 Å². The number of aliphatic imine (C=N–C) groups is 1. The fraction of sp³-hybridized carbons (Fsp3) is 0.389. The first-order valence-corrected chi connectivity index (χ1v) is 9.14. The predicted molar refractivity (Wildman–Crippen MR) is 104 cm³/mol. The largest absolute Gasteiger partial charge is 0.357 e. The van der Waals surface area contributed by atoms with Gasteiger partial charge >= 0.3 is 0 Å². The van der Waals surface area contributed by atoms with Crippen LogP contribution in [0.15, 0.2) is 48.1 Å². The van der Waals surface area contributed by atoms with Gasteiger partial charge in [0.1, 0.15) is 12.2 Å². The number of pyridine rings is 1. The molecule has 0 aliphatic heterocycles. The zero-order chi connectivity index (χ0) is 18.9. The second kappa shape index (κ2) is 9.46. The van der Waals surface area contributed by atoms with E-state index in [0.29, 0.717) is 6.54 Å². The van der Waals surface area contributed by atoms with Crippen molar-refractivity contribution < 1.29 is 0 Å². The molecule has 0 saturated heterocycles. The number of hydrogen-bond acceptors (Lipinski definition) is 5. The second-order valence-corrected chi connectivity index (χ2v) is 5.89. The summed E-state index contributed by atoms with van der Waals surface area (Å²) in [5.74, 6) is 2.55. The van der Waals surface area contributed by atoms with E-state index in [0.717, 1.165) is 49.2 Å². The van der Waals surface area contributed by atoms with Gasteiger partial charge in [-0.1, -0.05) is 6.92 Å². The van der Waals surface area contributed by atoms with Crippen LogP contribution in [-0.4, -0.2) is 48.6 Å². The number of nitrogens with one attached hydrogen (secondary N) is 2. The molecule has 0 saturated carbocycles. The summed E-state index contributed by atoms with van der Waals surface area (Å²) in [5.41, 5.74) is 1.07. The summed E-state index contributed by atoms with van der Waals surface area (Å²) in [6, 6.07) is 5.83. The molecule has 3 aromatic heterocycles. The number of aryl methyl sites for hydroxylation is 1. The van der Waals surface area contributed by atoms with Crippen molar-refractivity contribution in [3.05, 3.63) is 54.5 Å². The molecule has 9 nitrogen and oxygen atoms in total. The van der Waals surface area contributed by atoms with Crippen molar-refractivity contribution in [1.82, 2.24) is 40.2 Å². The normalized spacial score (nSPS) is 11.6. The molecule has 0 spiro atoms. The van der Waals surface area contributed by atoms with E-state index in [-0.39, 0.29) is 0 Å². The highest BCUT2D eigenvalue weighted by Crippen LogP contribution is 2.07. The maximum absolute atomic E-state index is 4.66. The molecule has 9 heteroatoms. The van der Waals surface area contributed by atoms with Gasteiger partial charge in [0.2, 0.25) is 0 Å². The molecule has 0 aliphatic carbocycles. The average Bonchev–Trinajstić information content (AvgIpc) is 3.38. The SMILES string of the molecule is CCNC(=NCc1ccnc(-n2cccn2)c1)NCCn1cnnc1CC. The highest BCUT2D eigenvalue weighted by atomic mass is 15.3. The minimum atomic E-state index is 0.555. The van der Waals surface area contributed by atoms with Crippen LogP contribution >= 0.6 is 0 Å². The Kier molecular flexibility index (Phi) is 6.50. The molecule has 3 heterocycles. The number of aromatic nitrogens is 6.